The first-order valence-corrected chi connectivity index (χ1v) is 7.07. The van der Waals surface area contributed by atoms with Crippen LogP contribution >= 0.6 is 0 Å². The minimum Gasteiger partial charge on any atom is -0.490 e. The summed E-state index contributed by atoms with van der Waals surface area (Å²) in [5.41, 5.74) is 0.499. The summed E-state index contributed by atoms with van der Waals surface area (Å²) in [7, 11) is 2.78. The molecular weight excluding hydrogens is 272 g/mol. The summed E-state index contributed by atoms with van der Waals surface area (Å²) in [5, 5.41) is 0. The number of hydrogen-bond acceptors (Lipinski definition) is 5. The molecule has 1 saturated carbocycles. The Morgan fingerprint density at radius 2 is 1.57 bits per heavy atom. The highest BCUT2D eigenvalue weighted by Gasteiger charge is 2.27. The Hall–Kier alpha value is -2.04. The Bertz CT molecular complexity index is 486. The van der Waals surface area contributed by atoms with Gasteiger partial charge in [-0.05, 0) is 49.9 Å². The molecule has 21 heavy (non-hydrogen) atoms. The predicted molar refractivity (Wildman–Crippen MR) is 76.2 cm³/mol. The Morgan fingerprint density at radius 1 is 0.952 bits per heavy atom. The first-order valence-electron chi connectivity index (χ1n) is 7.07. The highest BCUT2D eigenvalue weighted by molar-refractivity contribution is 5.89. The van der Waals surface area contributed by atoms with Gasteiger partial charge in [0.05, 0.1) is 31.8 Å². The van der Waals surface area contributed by atoms with E-state index in [2.05, 4.69) is 4.74 Å². The fourth-order valence-corrected chi connectivity index (χ4v) is 2.56. The van der Waals surface area contributed by atoms with E-state index < -0.39 is 0 Å². The number of hydrogen-bond donors (Lipinski definition) is 0. The van der Waals surface area contributed by atoms with Gasteiger partial charge in [-0.3, -0.25) is 4.79 Å². The van der Waals surface area contributed by atoms with Crippen molar-refractivity contribution < 1.29 is 23.8 Å². The molecule has 0 heterocycles. The highest BCUT2D eigenvalue weighted by Crippen LogP contribution is 2.28. The van der Waals surface area contributed by atoms with Gasteiger partial charge in [0.25, 0.3) is 0 Å². The van der Waals surface area contributed by atoms with Gasteiger partial charge in [0.2, 0.25) is 0 Å². The molecule has 0 aromatic heterocycles. The van der Waals surface area contributed by atoms with E-state index in [0.29, 0.717) is 5.56 Å². The van der Waals surface area contributed by atoms with Crippen molar-refractivity contribution in [1.82, 2.24) is 0 Å². The molecule has 114 valence electrons. The van der Waals surface area contributed by atoms with E-state index in [1.165, 1.54) is 14.2 Å². The molecule has 0 spiro atoms. The van der Waals surface area contributed by atoms with Crippen LogP contribution in [0.4, 0.5) is 0 Å². The number of methoxy groups -OCH3 is 2. The van der Waals surface area contributed by atoms with E-state index in [1.807, 2.05) is 0 Å². The van der Waals surface area contributed by atoms with Crippen molar-refractivity contribution in [1.29, 1.82) is 0 Å². The maximum atomic E-state index is 11.5. The summed E-state index contributed by atoms with van der Waals surface area (Å²) in [6.07, 6.45) is 3.35. The summed E-state index contributed by atoms with van der Waals surface area (Å²) in [4.78, 5) is 22.8. The van der Waals surface area contributed by atoms with Gasteiger partial charge in [-0.25, -0.2) is 4.79 Å². The van der Waals surface area contributed by atoms with Crippen molar-refractivity contribution in [3.05, 3.63) is 29.8 Å². The van der Waals surface area contributed by atoms with E-state index in [0.717, 1.165) is 31.4 Å². The number of ether oxygens (including phenoxy) is 3. The molecule has 0 unspecified atom stereocenters. The van der Waals surface area contributed by atoms with E-state index in [9.17, 15) is 9.59 Å². The molecule has 1 aromatic rings. The Labute approximate surface area is 124 Å². The zero-order valence-corrected chi connectivity index (χ0v) is 12.3. The van der Waals surface area contributed by atoms with Gasteiger partial charge in [0.1, 0.15) is 5.75 Å². The largest absolute Gasteiger partial charge is 0.490 e. The normalized spacial score (nSPS) is 21.4. The molecule has 5 nitrogen and oxygen atoms in total. The zero-order chi connectivity index (χ0) is 15.2. The fourth-order valence-electron chi connectivity index (χ4n) is 2.56. The lowest BCUT2D eigenvalue weighted by molar-refractivity contribution is -0.147. The van der Waals surface area contributed by atoms with Crippen molar-refractivity contribution in [3.8, 4) is 5.75 Å². The fraction of sp³-hybridized carbons (Fsp3) is 0.500. The molecule has 0 aliphatic heterocycles. The monoisotopic (exact) mass is 292 g/mol. The molecule has 0 radical (unpaired) electrons. The molecule has 1 aliphatic rings. The van der Waals surface area contributed by atoms with Crippen molar-refractivity contribution in [2.45, 2.75) is 31.8 Å². The van der Waals surface area contributed by atoms with Crippen molar-refractivity contribution in [3.63, 3.8) is 0 Å². The Balaban J connectivity index is 1.86. The van der Waals surface area contributed by atoms with E-state index >= 15 is 0 Å². The van der Waals surface area contributed by atoms with Crippen LogP contribution in [0.15, 0.2) is 24.3 Å². The lowest BCUT2D eigenvalue weighted by Crippen LogP contribution is -2.28. The maximum absolute atomic E-state index is 11.5. The standard InChI is InChI=1S/C16H20O5/c1-19-15(17)11-3-7-13(8-4-11)21-14-9-5-12(6-10-14)16(18)20-2/h3-4,7-8,12,14H,5-6,9-10H2,1-2H3/t12-,14+. The lowest BCUT2D eigenvalue weighted by atomic mass is 9.87. The van der Waals surface area contributed by atoms with Gasteiger partial charge >= 0.3 is 11.9 Å². The van der Waals surface area contributed by atoms with Crippen LogP contribution in [0, 0.1) is 5.92 Å². The van der Waals surface area contributed by atoms with Crippen LogP contribution in [-0.2, 0) is 14.3 Å². The molecule has 5 heteroatoms. The summed E-state index contributed by atoms with van der Waals surface area (Å²) in [5.74, 6) is 0.233. The molecule has 0 bridgehead atoms. The van der Waals surface area contributed by atoms with Gasteiger partial charge in [-0.15, -0.1) is 0 Å². The molecule has 0 saturated heterocycles. The number of benzene rings is 1. The summed E-state index contributed by atoms with van der Waals surface area (Å²) in [6.45, 7) is 0. The first-order chi connectivity index (χ1) is 10.1. The number of rotatable bonds is 4. The Morgan fingerprint density at radius 3 is 2.10 bits per heavy atom. The second kappa shape index (κ2) is 7.11. The number of esters is 2. The first kappa shape index (κ1) is 15.4. The third-order valence-corrected chi connectivity index (χ3v) is 3.79. The van der Waals surface area contributed by atoms with Crippen LogP contribution in [0.25, 0.3) is 0 Å². The van der Waals surface area contributed by atoms with Crippen LogP contribution in [0.1, 0.15) is 36.0 Å². The minimum atomic E-state index is -0.361. The second-order valence-corrected chi connectivity index (χ2v) is 5.13. The van der Waals surface area contributed by atoms with Crippen molar-refractivity contribution >= 4 is 11.9 Å². The highest BCUT2D eigenvalue weighted by atomic mass is 16.5. The average molecular weight is 292 g/mol. The maximum Gasteiger partial charge on any atom is 0.337 e. The van der Waals surface area contributed by atoms with Gasteiger partial charge in [-0.2, -0.15) is 0 Å². The van der Waals surface area contributed by atoms with Crippen LogP contribution in [0.2, 0.25) is 0 Å². The molecule has 1 aromatic carbocycles. The third kappa shape index (κ3) is 3.97. The molecular formula is C16H20O5. The third-order valence-electron chi connectivity index (χ3n) is 3.79. The molecule has 1 fully saturated rings. The lowest BCUT2D eigenvalue weighted by Gasteiger charge is -2.27. The van der Waals surface area contributed by atoms with Crippen LogP contribution in [0.5, 0.6) is 5.75 Å². The minimum absolute atomic E-state index is 0.00319. The molecule has 0 N–H and O–H groups in total. The van der Waals surface area contributed by atoms with Crippen LogP contribution in [-0.4, -0.2) is 32.3 Å². The summed E-state index contributed by atoms with van der Waals surface area (Å²) >= 11 is 0. The molecule has 0 atom stereocenters. The molecule has 1 aliphatic carbocycles. The number of carbonyl (C=O) groups excluding carboxylic acids is 2. The average Bonchev–Trinajstić information content (AvgIpc) is 2.55. The van der Waals surface area contributed by atoms with E-state index in [4.69, 9.17) is 9.47 Å². The second-order valence-electron chi connectivity index (χ2n) is 5.13. The van der Waals surface area contributed by atoms with Gasteiger partial charge in [-0.1, -0.05) is 0 Å². The smallest absolute Gasteiger partial charge is 0.337 e. The van der Waals surface area contributed by atoms with Gasteiger partial charge in [0, 0.05) is 0 Å². The summed E-state index contributed by atoms with van der Waals surface area (Å²) in [6, 6.07) is 6.89. The van der Waals surface area contributed by atoms with E-state index in [1.54, 1.807) is 24.3 Å². The van der Waals surface area contributed by atoms with Crippen LogP contribution in [0.3, 0.4) is 0 Å². The van der Waals surface area contributed by atoms with Crippen LogP contribution < -0.4 is 4.74 Å². The van der Waals surface area contributed by atoms with E-state index in [-0.39, 0.29) is 24.0 Å². The van der Waals surface area contributed by atoms with Gasteiger partial charge < -0.3 is 14.2 Å². The van der Waals surface area contributed by atoms with Gasteiger partial charge in [0.15, 0.2) is 0 Å². The van der Waals surface area contributed by atoms with Crippen molar-refractivity contribution in [2.24, 2.45) is 5.92 Å². The quantitative estimate of drug-likeness (QED) is 0.798. The molecule has 0 amide bonds. The van der Waals surface area contributed by atoms with Crippen molar-refractivity contribution in [2.75, 3.05) is 14.2 Å². The predicted octanol–water partition coefficient (Wildman–Crippen LogP) is 2.58. The summed E-state index contributed by atoms with van der Waals surface area (Å²) < 4.78 is 15.3. The SMILES string of the molecule is COC(=O)c1ccc(O[C@H]2CC[C@@H](C(=O)OC)CC2)cc1. The Kier molecular flexibility index (Phi) is 5.20. The number of carbonyl (C=O) groups is 2. The molecule has 2 rings (SSSR count). The topological polar surface area (TPSA) is 61.8 Å². The zero-order valence-electron chi connectivity index (χ0n) is 12.3.